The summed E-state index contributed by atoms with van der Waals surface area (Å²) in [5.74, 6) is 0.712. The van der Waals surface area contributed by atoms with Gasteiger partial charge in [-0.2, -0.15) is 0 Å². The average molecular weight is 482 g/mol. The molecule has 0 amide bonds. The van der Waals surface area contributed by atoms with Crippen LogP contribution in [-0.4, -0.2) is 29.6 Å². The number of hydrogen-bond donors (Lipinski definition) is 2. The van der Waals surface area contributed by atoms with E-state index in [1.165, 1.54) is 6.20 Å². The van der Waals surface area contributed by atoms with Gasteiger partial charge in [-0.25, -0.2) is 13.4 Å². The third-order valence-corrected chi connectivity index (χ3v) is 6.05. The molecule has 8 heteroatoms. The summed E-state index contributed by atoms with van der Waals surface area (Å²) in [5.41, 5.74) is 4.81. The maximum absolute atomic E-state index is 11.7. The van der Waals surface area contributed by atoms with E-state index in [0.717, 1.165) is 33.8 Å². The van der Waals surface area contributed by atoms with Gasteiger partial charge in [0.25, 0.3) is 0 Å². The zero-order valence-electron chi connectivity index (χ0n) is 19.0. The summed E-state index contributed by atoms with van der Waals surface area (Å²) in [7, 11) is -3.42. The molecule has 0 aliphatic heterocycles. The van der Waals surface area contributed by atoms with E-state index in [2.05, 4.69) is 38.2 Å². The zero-order valence-corrected chi connectivity index (χ0v) is 19.8. The Bertz CT molecular complexity index is 1590. The van der Waals surface area contributed by atoms with Crippen molar-refractivity contribution < 1.29 is 8.42 Å². The summed E-state index contributed by atoms with van der Waals surface area (Å²) < 4.78 is 25.9. The first-order chi connectivity index (χ1) is 17.0. The van der Waals surface area contributed by atoms with E-state index in [9.17, 15) is 8.42 Å². The molecule has 2 aromatic carbocycles. The summed E-state index contributed by atoms with van der Waals surface area (Å²) in [4.78, 5) is 13.6. The number of anilines is 2. The molecule has 0 atom stereocenters. The second-order valence-electron chi connectivity index (χ2n) is 8.14. The minimum absolute atomic E-state index is 0.382. The van der Waals surface area contributed by atoms with Crippen molar-refractivity contribution in [1.82, 2.24) is 15.0 Å². The van der Waals surface area contributed by atoms with Gasteiger partial charge in [0, 0.05) is 23.3 Å². The molecule has 0 fully saturated rings. The van der Waals surface area contributed by atoms with E-state index in [-0.39, 0.29) is 0 Å². The Labute approximate surface area is 204 Å². The number of sulfonamides is 1. The van der Waals surface area contributed by atoms with Gasteiger partial charge in [0.2, 0.25) is 10.0 Å². The third-order valence-electron chi connectivity index (χ3n) is 5.44. The minimum Gasteiger partial charge on any atom is -0.364 e. The van der Waals surface area contributed by atoms with Crippen molar-refractivity contribution in [3.8, 4) is 22.4 Å². The second-order valence-corrected chi connectivity index (χ2v) is 9.89. The largest absolute Gasteiger partial charge is 0.364 e. The molecule has 7 nitrogen and oxygen atoms in total. The molecule has 3 aromatic heterocycles. The van der Waals surface area contributed by atoms with Gasteiger partial charge in [0.05, 0.1) is 36.1 Å². The molecule has 174 valence electrons. The first-order valence-corrected chi connectivity index (χ1v) is 12.9. The van der Waals surface area contributed by atoms with Crippen LogP contribution in [0.5, 0.6) is 0 Å². The van der Waals surface area contributed by atoms with Crippen LogP contribution in [0.3, 0.4) is 0 Å². The van der Waals surface area contributed by atoms with Gasteiger partial charge in [-0.15, -0.1) is 0 Å². The SMILES string of the molecule is CS(=O)(=O)Nc1cncc(-c2cc3cccc(-c4ccccc4)c3c(NCc3ccccn3)n2)c1. The normalized spacial score (nSPS) is 11.3. The van der Waals surface area contributed by atoms with Crippen LogP contribution >= 0.6 is 0 Å². The summed E-state index contributed by atoms with van der Waals surface area (Å²) in [6.45, 7) is 0.503. The number of nitrogens with one attached hydrogen (secondary N) is 2. The first-order valence-electron chi connectivity index (χ1n) is 11.0. The number of pyridine rings is 3. The van der Waals surface area contributed by atoms with Crippen LogP contribution in [-0.2, 0) is 16.6 Å². The minimum atomic E-state index is -3.42. The van der Waals surface area contributed by atoms with E-state index in [0.29, 0.717) is 29.3 Å². The lowest BCUT2D eigenvalue weighted by Crippen LogP contribution is -2.09. The van der Waals surface area contributed by atoms with Crippen molar-refractivity contribution >= 4 is 32.3 Å². The van der Waals surface area contributed by atoms with Crippen molar-refractivity contribution in [3.05, 3.63) is 103 Å². The lowest BCUT2D eigenvalue weighted by atomic mass is 9.97. The topological polar surface area (TPSA) is 96.9 Å². The Kier molecular flexibility index (Phi) is 6.12. The maximum atomic E-state index is 11.7. The summed E-state index contributed by atoms with van der Waals surface area (Å²) in [6, 6.07) is 25.9. The summed E-state index contributed by atoms with van der Waals surface area (Å²) in [5, 5.41) is 5.47. The number of benzene rings is 2. The summed E-state index contributed by atoms with van der Waals surface area (Å²) in [6.07, 6.45) is 6.02. The molecule has 35 heavy (non-hydrogen) atoms. The molecule has 0 saturated carbocycles. The van der Waals surface area contributed by atoms with Crippen LogP contribution in [0, 0.1) is 0 Å². The van der Waals surface area contributed by atoms with E-state index in [1.54, 1.807) is 18.5 Å². The van der Waals surface area contributed by atoms with Crippen LogP contribution in [0.2, 0.25) is 0 Å². The van der Waals surface area contributed by atoms with Gasteiger partial charge in [0.1, 0.15) is 5.82 Å². The molecular weight excluding hydrogens is 458 g/mol. The molecule has 5 aromatic rings. The van der Waals surface area contributed by atoms with Crippen LogP contribution in [0.1, 0.15) is 5.69 Å². The van der Waals surface area contributed by atoms with Crippen LogP contribution < -0.4 is 10.0 Å². The molecule has 0 aliphatic carbocycles. The highest BCUT2D eigenvalue weighted by molar-refractivity contribution is 7.92. The van der Waals surface area contributed by atoms with Gasteiger partial charge in [-0.05, 0) is 40.8 Å². The second kappa shape index (κ2) is 9.52. The van der Waals surface area contributed by atoms with E-state index in [1.807, 2.05) is 54.6 Å². The standard InChI is InChI=1S/C27H23N5O2S/c1-35(33,34)32-23-14-21(16-28-17-23)25-15-20-10-7-12-24(19-8-3-2-4-9-19)26(20)27(31-25)30-18-22-11-5-6-13-29-22/h2-17,32H,18H2,1H3,(H,30,31). The molecule has 0 spiro atoms. The highest BCUT2D eigenvalue weighted by Crippen LogP contribution is 2.36. The van der Waals surface area contributed by atoms with Gasteiger partial charge >= 0.3 is 0 Å². The van der Waals surface area contributed by atoms with Crippen molar-refractivity contribution in [3.63, 3.8) is 0 Å². The van der Waals surface area contributed by atoms with Gasteiger partial charge in [-0.1, -0.05) is 54.6 Å². The fourth-order valence-electron chi connectivity index (χ4n) is 3.97. The molecule has 3 heterocycles. The van der Waals surface area contributed by atoms with Crippen molar-refractivity contribution in [1.29, 1.82) is 0 Å². The van der Waals surface area contributed by atoms with Crippen molar-refractivity contribution in [2.75, 3.05) is 16.3 Å². The molecular formula is C27H23N5O2S. The number of aromatic nitrogens is 3. The Morgan fingerprint density at radius 2 is 1.69 bits per heavy atom. The van der Waals surface area contributed by atoms with Gasteiger partial charge in [0.15, 0.2) is 0 Å². The van der Waals surface area contributed by atoms with E-state index >= 15 is 0 Å². The first kappa shape index (κ1) is 22.5. The predicted molar refractivity (Wildman–Crippen MR) is 140 cm³/mol. The number of rotatable bonds is 7. The van der Waals surface area contributed by atoms with Crippen LogP contribution in [0.25, 0.3) is 33.2 Å². The molecule has 0 radical (unpaired) electrons. The maximum Gasteiger partial charge on any atom is 0.229 e. The number of fused-ring (bicyclic) bond motifs is 1. The molecule has 5 rings (SSSR count). The molecule has 0 aliphatic rings. The third kappa shape index (κ3) is 5.28. The van der Waals surface area contributed by atoms with Crippen molar-refractivity contribution in [2.24, 2.45) is 0 Å². The molecule has 0 saturated heterocycles. The lowest BCUT2D eigenvalue weighted by Gasteiger charge is -2.15. The molecule has 2 N–H and O–H groups in total. The summed E-state index contributed by atoms with van der Waals surface area (Å²) >= 11 is 0. The van der Waals surface area contributed by atoms with Gasteiger partial charge < -0.3 is 5.32 Å². The zero-order chi connectivity index (χ0) is 24.3. The van der Waals surface area contributed by atoms with Crippen LogP contribution in [0.15, 0.2) is 97.5 Å². The van der Waals surface area contributed by atoms with E-state index < -0.39 is 10.0 Å². The number of hydrogen-bond acceptors (Lipinski definition) is 6. The van der Waals surface area contributed by atoms with Gasteiger partial charge in [-0.3, -0.25) is 14.7 Å². The highest BCUT2D eigenvalue weighted by Gasteiger charge is 2.14. The van der Waals surface area contributed by atoms with Crippen LogP contribution in [0.4, 0.5) is 11.5 Å². The molecule has 0 unspecified atom stereocenters. The monoisotopic (exact) mass is 481 g/mol. The highest BCUT2D eigenvalue weighted by atomic mass is 32.2. The Morgan fingerprint density at radius 1 is 0.857 bits per heavy atom. The lowest BCUT2D eigenvalue weighted by molar-refractivity contribution is 0.607. The van der Waals surface area contributed by atoms with E-state index in [4.69, 9.17) is 4.98 Å². The van der Waals surface area contributed by atoms with Crippen molar-refractivity contribution in [2.45, 2.75) is 6.54 Å². The fraction of sp³-hybridized carbons (Fsp3) is 0.0741. The molecule has 0 bridgehead atoms. The number of nitrogens with zero attached hydrogens (tertiary/aromatic N) is 3. The Morgan fingerprint density at radius 3 is 2.46 bits per heavy atom. The predicted octanol–water partition coefficient (Wildman–Crippen LogP) is 5.34. The fourth-order valence-corrected chi connectivity index (χ4v) is 4.51. The Hall–Kier alpha value is -4.30. The smallest absolute Gasteiger partial charge is 0.229 e. The Balaban J connectivity index is 1.65. The quantitative estimate of drug-likeness (QED) is 0.326. The average Bonchev–Trinajstić information content (AvgIpc) is 2.87.